The first kappa shape index (κ1) is 25.8. The summed E-state index contributed by atoms with van der Waals surface area (Å²) in [5.41, 5.74) is 2.76. The zero-order valence-corrected chi connectivity index (χ0v) is 20.7. The SMILES string of the molecule is C=C(O)/C=C\C=C(/C)c1nc2occn2c1-c1ccnc(NCCCNS(=O)(=O)c2ccc(F)cc2)n1. The first-order chi connectivity index (χ1) is 17.7. The second-order valence-corrected chi connectivity index (χ2v) is 9.73. The van der Waals surface area contributed by atoms with Gasteiger partial charge in [-0.05, 0) is 55.3 Å². The van der Waals surface area contributed by atoms with Crippen molar-refractivity contribution >= 4 is 27.4 Å². The molecule has 0 unspecified atom stereocenters. The molecule has 3 aromatic heterocycles. The number of aliphatic hydroxyl groups excluding tert-OH is 1. The van der Waals surface area contributed by atoms with Gasteiger partial charge in [-0.2, -0.15) is 4.98 Å². The van der Waals surface area contributed by atoms with E-state index < -0.39 is 15.8 Å². The van der Waals surface area contributed by atoms with E-state index in [0.717, 1.165) is 17.7 Å². The number of allylic oxidation sites excluding steroid dienone is 4. The minimum atomic E-state index is -3.72. The van der Waals surface area contributed by atoms with Gasteiger partial charge in [0.15, 0.2) is 0 Å². The van der Waals surface area contributed by atoms with Crippen molar-refractivity contribution in [2.45, 2.75) is 18.2 Å². The lowest BCUT2D eigenvalue weighted by atomic mass is 10.1. The lowest BCUT2D eigenvalue weighted by molar-refractivity contribution is 0.435. The molecule has 0 fully saturated rings. The Balaban J connectivity index is 1.44. The van der Waals surface area contributed by atoms with Crippen LogP contribution in [-0.4, -0.2) is 46.0 Å². The molecule has 0 atom stereocenters. The van der Waals surface area contributed by atoms with Gasteiger partial charge in [0.1, 0.15) is 23.5 Å². The topological polar surface area (TPSA) is 135 Å². The quantitative estimate of drug-likeness (QED) is 0.150. The Hall–Kier alpha value is -4.29. The third-order valence-corrected chi connectivity index (χ3v) is 6.70. The van der Waals surface area contributed by atoms with Crippen molar-refractivity contribution in [2.24, 2.45) is 0 Å². The number of halogens is 1. The third kappa shape index (κ3) is 6.29. The molecule has 0 saturated heterocycles. The molecule has 12 heteroatoms. The van der Waals surface area contributed by atoms with Crippen LogP contribution in [0.25, 0.3) is 22.8 Å². The first-order valence-electron chi connectivity index (χ1n) is 11.3. The molecule has 37 heavy (non-hydrogen) atoms. The fourth-order valence-electron chi connectivity index (χ4n) is 3.46. The minimum Gasteiger partial charge on any atom is -0.509 e. The summed E-state index contributed by atoms with van der Waals surface area (Å²) in [5, 5.41) is 12.4. The van der Waals surface area contributed by atoms with E-state index in [1.54, 1.807) is 35.0 Å². The Bertz CT molecular complexity index is 1570. The van der Waals surface area contributed by atoms with E-state index in [1.165, 1.54) is 24.5 Å². The second-order valence-electron chi connectivity index (χ2n) is 7.96. The third-order valence-electron chi connectivity index (χ3n) is 5.22. The van der Waals surface area contributed by atoms with Gasteiger partial charge in [0.05, 0.1) is 16.3 Å². The number of aliphatic hydroxyl groups is 1. The van der Waals surface area contributed by atoms with Gasteiger partial charge in [0, 0.05) is 25.5 Å². The van der Waals surface area contributed by atoms with Gasteiger partial charge >= 0.3 is 5.84 Å². The molecule has 0 amide bonds. The molecule has 0 bridgehead atoms. The molecule has 0 radical (unpaired) electrons. The molecule has 10 nitrogen and oxygen atoms in total. The zero-order valence-electron chi connectivity index (χ0n) is 19.9. The molecule has 192 valence electrons. The highest BCUT2D eigenvalue weighted by Crippen LogP contribution is 2.29. The van der Waals surface area contributed by atoms with Crippen molar-refractivity contribution in [2.75, 3.05) is 18.4 Å². The number of fused-ring (bicyclic) bond motifs is 1. The van der Waals surface area contributed by atoms with Gasteiger partial charge in [-0.25, -0.2) is 27.5 Å². The number of imidazole rings is 1. The lowest BCUT2D eigenvalue weighted by Crippen LogP contribution is -2.26. The highest BCUT2D eigenvalue weighted by atomic mass is 32.2. The number of rotatable bonds is 11. The molecule has 0 aliphatic heterocycles. The van der Waals surface area contributed by atoms with E-state index in [2.05, 4.69) is 31.6 Å². The highest BCUT2D eigenvalue weighted by Gasteiger charge is 2.19. The van der Waals surface area contributed by atoms with E-state index in [0.29, 0.717) is 41.8 Å². The first-order valence-corrected chi connectivity index (χ1v) is 12.7. The van der Waals surface area contributed by atoms with Gasteiger partial charge in [0.2, 0.25) is 16.0 Å². The number of anilines is 1. The molecular formula is C25H25FN6O4S. The molecule has 1 aromatic carbocycles. The van der Waals surface area contributed by atoms with E-state index in [9.17, 15) is 17.9 Å². The largest absolute Gasteiger partial charge is 0.509 e. The van der Waals surface area contributed by atoms with Crippen LogP contribution in [0, 0.1) is 5.82 Å². The van der Waals surface area contributed by atoms with E-state index in [4.69, 9.17) is 4.42 Å². The minimum absolute atomic E-state index is 0.00111. The molecule has 3 heterocycles. The van der Waals surface area contributed by atoms with Crippen LogP contribution < -0.4 is 10.0 Å². The number of oxazole rings is 1. The summed E-state index contributed by atoms with van der Waals surface area (Å²) >= 11 is 0. The van der Waals surface area contributed by atoms with E-state index in [1.807, 2.05) is 6.92 Å². The molecule has 4 aromatic rings. The van der Waals surface area contributed by atoms with Crippen LogP contribution in [0.2, 0.25) is 0 Å². The Morgan fingerprint density at radius 3 is 2.76 bits per heavy atom. The Labute approximate surface area is 213 Å². The molecule has 3 N–H and O–H groups in total. The maximum absolute atomic E-state index is 13.0. The van der Waals surface area contributed by atoms with Gasteiger partial charge < -0.3 is 14.8 Å². The summed E-state index contributed by atoms with van der Waals surface area (Å²) in [4.78, 5) is 13.4. The number of nitrogens with zero attached hydrogens (tertiary/aromatic N) is 4. The molecular weight excluding hydrogens is 499 g/mol. The summed E-state index contributed by atoms with van der Waals surface area (Å²) in [6.07, 6.45) is 10.3. The second kappa shape index (κ2) is 11.2. The maximum Gasteiger partial charge on any atom is 0.306 e. The van der Waals surface area contributed by atoms with Crippen LogP contribution in [0.15, 0.2) is 88.9 Å². The number of hydrogen-bond donors (Lipinski definition) is 3. The molecule has 0 aliphatic rings. The van der Waals surface area contributed by atoms with Crippen molar-refractivity contribution in [3.05, 3.63) is 91.1 Å². The molecule has 0 aliphatic carbocycles. The predicted octanol–water partition coefficient (Wildman–Crippen LogP) is 4.34. The Morgan fingerprint density at radius 2 is 2.00 bits per heavy atom. The fraction of sp³-hybridized carbons (Fsp3) is 0.160. The number of sulfonamides is 1. The van der Waals surface area contributed by atoms with Crippen LogP contribution in [0.4, 0.5) is 10.3 Å². The smallest absolute Gasteiger partial charge is 0.306 e. The van der Waals surface area contributed by atoms with Gasteiger partial charge in [0.25, 0.3) is 0 Å². The fourth-order valence-corrected chi connectivity index (χ4v) is 4.53. The van der Waals surface area contributed by atoms with Crippen LogP contribution in [0.5, 0.6) is 0 Å². The van der Waals surface area contributed by atoms with E-state index >= 15 is 0 Å². The summed E-state index contributed by atoms with van der Waals surface area (Å²) < 4.78 is 47.4. The normalized spacial score (nSPS) is 12.4. The Morgan fingerprint density at radius 1 is 1.22 bits per heavy atom. The summed E-state index contributed by atoms with van der Waals surface area (Å²) in [6.45, 7) is 5.88. The molecule has 4 rings (SSSR count). The average Bonchev–Trinajstić information content (AvgIpc) is 3.45. The predicted molar refractivity (Wildman–Crippen MR) is 138 cm³/mol. The summed E-state index contributed by atoms with van der Waals surface area (Å²) in [6, 6.07) is 6.38. The van der Waals surface area contributed by atoms with Crippen molar-refractivity contribution in [1.82, 2.24) is 24.1 Å². The number of nitrogens with one attached hydrogen (secondary N) is 2. The van der Waals surface area contributed by atoms with Gasteiger partial charge in [-0.1, -0.05) is 18.7 Å². The molecule has 0 spiro atoms. The van der Waals surface area contributed by atoms with Crippen LogP contribution in [0.3, 0.4) is 0 Å². The van der Waals surface area contributed by atoms with Crippen molar-refractivity contribution < 1.29 is 22.3 Å². The number of hydrogen-bond acceptors (Lipinski definition) is 8. The number of aromatic nitrogens is 4. The van der Waals surface area contributed by atoms with Crippen LogP contribution in [-0.2, 0) is 10.0 Å². The monoisotopic (exact) mass is 524 g/mol. The maximum atomic E-state index is 13.0. The van der Waals surface area contributed by atoms with Gasteiger partial charge in [-0.3, -0.25) is 4.40 Å². The van der Waals surface area contributed by atoms with Crippen molar-refractivity contribution in [3.63, 3.8) is 0 Å². The standard InChI is InChI=1S/C25H25FN6O4S/c1-17(5-3-6-18(2)33)22-23(32-15-16-36-25(32)31-22)21-11-14-28-24(30-21)27-12-4-13-29-37(34,35)20-9-7-19(26)8-10-20/h3,5-11,14-16,29,33H,2,4,12-13H2,1H3,(H,27,28,30)/b6-3-,17-5+. The van der Waals surface area contributed by atoms with Crippen molar-refractivity contribution in [3.8, 4) is 11.4 Å². The molecule has 0 saturated carbocycles. The Kier molecular flexibility index (Phi) is 7.80. The average molecular weight is 525 g/mol. The van der Waals surface area contributed by atoms with Crippen LogP contribution >= 0.6 is 0 Å². The van der Waals surface area contributed by atoms with E-state index in [-0.39, 0.29) is 17.2 Å². The summed E-state index contributed by atoms with van der Waals surface area (Å²) in [7, 11) is -3.72. The van der Waals surface area contributed by atoms with Gasteiger partial charge in [-0.15, -0.1) is 0 Å². The van der Waals surface area contributed by atoms with Crippen molar-refractivity contribution in [1.29, 1.82) is 0 Å². The van der Waals surface area contributed by atoms with Crippen LogP contribution in [0.1, 0.15) is 19.0 Å². The highest BCUT2D eigenvalue weighted by molar-refractivity contribution is 7.89. The number of benzene rings is 1. The summed E-state index contributed by atoms with van der Waals surface area (Å²) in [5.74, 6) is 0.201. The zero-order chi connectivity index (χ0) is 26.4. The lowest BCUT2D eigenvalue weighted by Gasteiger charge is -2.09.